The number of benzene rings is 4. The number of anilines is 8. The van der Waals surface area contributed by atoms with Gasteiger partial charge in [0.2, 0.25) is 25.1 Å². The highest BCUT2D eigenvalue weighted by atomic mass is 35.5. The van der Waals surface area contributed by atoms with Crippen LogP contribution in [0.4, 0.5) is 45.5 Å². The number of piperidine rings is 5. The fourth-order valence-electron chi connectivity index (χ4n) is 17.7. The lowest BCUT2D eigenvalue weighted by atomic mass is 9.89. The molecular formula is C91H120Cl2N12O13S11. The first-order valence-electron chi connectivity index (χ1n) is 44.7. The van der Waals surface area contributed by atoms with Crippen LogP contribution in [0.15, 0.2) is 211 Å². The first-order valence-corrected chi connectivity index (χ1v) is 58.7. The Kier molecular flexibility index (Phi) is 36.6. The molecule has 4 atom stereocenters. The van der Waals surface area contributed by atoms with Crippen molar-refractivity contribution in [1.82, 2.24) is 19.2 Å². The molecule has 0 unspecified atom stereocenters. The Hall–Kier alpha value is -6.82. The zero-order valence-electron chi connectivity index (χ0n) is 73.0. The molecule has 129 heavy (non-hydrogen) atoms. The molecule has 25 nitrogen and oxygen atoms in total. The minimum absolute atomic E-state index is 0.0688. The summed E-state index contributed by atoms with van der Waals surface area (Å²) in [5.74, 6) is 0. The molecule has 2 saturated carbocycles. The molecule has 8 fully saturated rings. The summed E-state index contributed by atoms with van der Waals surface area (Å²) in [6.45, 7) is 16.1. The average Bonchev–Trinajstić information content (AvgIpc) is 1.81. The van der Waals surface area contributed by atoms with E-state index in [1.807, 2.05) is 98.8 Å². The Morgan fingerprint density at radius 1 is 0.326 bits per heavy atom. The molecule has 12 heterocycles. The summed E-state index contributed by atoms with van der Waals surface area (Å²) >= 11 is 18.4. The van der Waals surface area contributed by atoms with Crippen LogP contribution < -0.4 is 47.9 Å². The van der Waals surface area contributed by atoms with Gasteiger partial charge in [-0.25, -0.2) is 51.5 Å². The molecule has 702 valence electrons. The van der Waals surface area contributed by atoms with Gasteiger partial charge in [-0.05, 0) is 288 Å². The van der Waals surface area contributed by atoms with Crippen molar-refractivity contribution >= 4 is 186 Å². The zero-order valence-corrected chi connectivity index (χ0v) is 83.5. The van der Waals surface area contributed by atoms with E-state index in [1.54, 1.807) is 76.1 Å². The first kappa shape index (κ1) is 99.7. The molecule has 38 heteroatoms. The monoisotopic (exact) mass is 2010 g/mol. The fraction of sp³-hybridized carbons (Fsp3) is 0.473. The van der Waals surface area contributed by atoms with Crippen LogP contribution in [0.1, 0.15) is 170 Å². The van der Waals surface area contributed by atoms with Crippen molar-refractivity contribution in [2.45, 2.75) is 226 Å². The van der Waals surface area contributed by atoms with Gasteiger partial charge in [0.1, 0.15) is 12.6 Å². The van der Waals surface area contributed by atoms with E-state index in [2.05, 4.69) is 57.7 Å². The highest BCUT2D eigenvalue weighted by Crippen LogP contribution is 2.39. The number of nitrogens with zero attached hydrogens (tertiary/aromatic N) is 6. The number of hydrogen-bond acceptors (Lipinski definition) is 24. The summed E-state index contributed by atoms with van der Waals surface area (Å²) in [7, 11) is -21.1. The topological polar surface area (TPSA) is 310 Å². The third kappa shape index (κ3) is 28.4. The van der Waals surface area contributed by atoms with Gasteiger partial charge in [-0.15, -0.1) is 34.0 Å². The number of furan rings is 1. The summed E-state index contributed by atoms with van der Waals surface area (Å²) in [5.41, 5.74) is 6.12. The molecule has 6 N–H and O–H groups in total. The maximum Gasteiger partial charge on any atom is 0.295 e. The summed E-state index contributed by atoms with van der Waals surface area (Å²) in [6.07, 6.45) is 30.7. The number of likely N-dealkylation sites (tertiary alicyclic amines) is 2. The van der Waals surface area contributed by atoms with Crippen LogP contribution in [0.3, 0.4) is 0 Å². The smallest absolute Gasteiger partial charge is 0.295 e. The predicted octanol–water partition coefficient (Wildman–Crippen LogP) is 20.9. The van der Waals surface area contributed by atoms with Crippen molar-refractivity contribution in [3.05, 3.63) is 199 Å². The number of hydrogen-bond donors (Lipinski definition) is 6. The zero-order chi connectivity index (χ0) is 91.0. The van der Waals surface area contributed by atoms with Crippen LogP contribution in [0.25, 0.3) is 0 Å². The second kappa shape index (κ2) is 47.4. The van der Waals surface area contributed by atoms with Gasteiger partial charge in [0.05, 0.1) is 65.9 Å². The van der Waals surface area contributed by atoms with E-state index in [1.165, 1.54) is 134 Å². The van der Waals surface area contributed by atoms with Gasteiger partial charge in [-0.2, -0.15) is 31.1 Å². The van der Waals surface area contributed by atoms with Crippen LogP contribution in [0.5, 0.6) is 0 Å². The van der Waals surface area contributed by atoms with Gasteiger partial charge >= 0.3 is 0 Å². The largest absolute Gasteiger partial charge is 0.451 e. The van der Waals surface area contributed by atoms with E-state index < -0.39 is 60.1 Å². The summed E-state index contributed by atoms with van der Waals surface area (Å²) in [5, 5.41) is 7.24. The Morgan fingerprint density at radius 2 is 0.674 bits per heavy atom. The number of para-hydroxylation sites is 6. The molecule has 6 aliphatic heterocycles. The van der Waals surface area contributed by atoms with Gasteiger partial charge in [0.25, 0.3) is 40.1 Å². The normalized spacial score (nSPS) is 19.9. The molecule has 6 saturated heterocycles. The molecule has 0 spiro atoms. The number of halogens is 2. The number of sulfonamides is 6. The van der Waals surface area contributed by atoms with Gasteiger partial charge < -0.3 is 24.0 Å². The van der Waals surface area contributed by atoms with Gasteiger partial charge in [0.15, 0.2) is 0 Å². The second-order valence-corrected chi connectivity index (χ2v) is 50.5. The summed E-state index contributed by atoms with van der Waals surface area (Å²) in [4.78, 5) is 16.7. The molecule has 10 aromatic rings. The van der Waals surface area contributed by atoms with E-state index in [-0.39, 0.29) is 21.4 Å². The number of rotatable bonds is 24. The minimum Gasteiger partial charge on any atom is -0.451 e. The van der Waals surface area contributed by atoms with Crippen molar-refractivity contribution in [3.63, 3.8) is 0 Å². The maximum atomic E-state index is 12.6. The lowest BCUT2D eigenvalue weighted by molar-refractivity contribution is 0.109. The van der Waals surface area contributed by atoms with Crippen molar-refractivity contribution in [2.24, 2.45) is 0 Å². The van der Waals surface area contributed by atoms with Crippen LogP contribution >= 0.6 is 79.9 Å². The van der Waals surface area contributed by atoms with Crippen LogP contribution in [-0.4, -0.2) is 163 Å². The minimum atomic E-state index is -3.67. The number of aryl methyl sites for hydroxylation is 2. The number of nitrogens with one attached hydrogen (secondary N) is 6. The van der Waals surface area contributed by atoms with E-state index in [0.29, 0.717) is 62.4 Å². The fourth-order valence-corrected chi connectivity index (χ4v) is 30.8. The quantitative estimate of drug-likeness (QED) is 0.0327. The van der Waals surface area contributed by atoms with Crippen molar-refractivity contribution in [2.75, 3.05) is 117 Å². The van der Waals surface area contributed by atoms with Crippen molar-refractivity contribution in [3.8, 4) is 0 Å². The molecule has 4 aromatic carbocycles. The molecule has 0 radical (unpaired) electrons. The van der Waals surface area contributed by atoms with Crippen molar-refractivity contribution < 1.29 is 54.9 Å². The Bertz CT molecular complexity index is 5660. The lowest BCUT2D eigenvalue weighted by Gasteiger charge is -2.41. The Balaban J connectivity index is 0.000000132. The van der Waals surface area contributed by atoms with E-state index in [4.69, 9.17) is 27.6 Å². The van der Waals surface area contributed by atoms with Crippen LogP contribution in [0, 0.1) is 13.8 Å². The maximum absolute atomic E-state index is 12.6. The summed E-state index contributed by atoms with van der Waals surface area (Å²) < 4.78 is 173. The molecule has 0 bridgehead atoms. The van der Waals surface area contributed by atoms with Gasteiger partial charge in [-0.3, -0.25) is 28.7 Å². The molecule has 8 aliphatic rings. The average molecular weight is 2010 g/mol. The Morgan fingerprint density at radius 3 is 1.03 bits per heavy atom. The molecular weight excluding hydrogens is 1890 g/mol. The Labute approximate surface area is 794 Å². The predicted molar refractivity (Wildman–Crippen MR) is 532 cm³/mol. The van der Waals surface area contributed by atoms with E-state index in [9.17, 15) is 50.5 Å². The molecule has 6 aromatic heterocycles. The molecule has 2 aliphatic carbocycles. The molecule has 18 rings (SSSR count). The van der Waals surface area contributed by atoms with Crippen LogP contribution in [0.2, 0.25) is 9.36 Å². The highest BCUT2D eigenvalue weighted by Gasteiger charge is 2.37. The highest BCUT2D eigenvalue weighted by molar-refractivity contribution is 7.95. The van der Waals surface area contributed by atoms with E-state index >= 15 is 0 Å². The third-order valence-electron chi connectivity index (χ3n) is 24.1. The van der Waals surface area contributed by atoms with Crippen LogP contribution in [-0.2, 0) is 60.1 Å². The standard InChI is InChI=1S/2C16H26N2O2S2.C15H16Cl2N2O2S2.C15H18N2O3S.C15H18N2O2S2.C14H16N2O2S2/c2*1-13-9-10-16(21-13)22(19,20)17-14-7-3-4-8-15(14)18-11-5-2-6-12-18;16-11-4-5-13(19-8-2-1-3-9-19)12(10-11)18-23(20,21)15-7-6-14(17)22-15;18-21(19,15-9-6-12-20-15)16-13-7-2-3-8-14(13)17-10-4-1-5-11-17;18-21(19,13-8-11-20-12-13)16-14-6-2-3-7-15(14)17-9-4-1-5-10-17;17-20(18,12-7-10-19-11-12)15-13-5-1-2-6-14(13)16-8-3-4-9-16/h2*9-10,14-15,17H,2-8,11-12H2,1H3;4-7,10,18H,1-3,8-9H2;2-3,6-9,12,16H,1,4-5,10-11H2;2-3,6-8,11-12,16H,1,4-5,9-10H2;1-2,5-7,10-11,15H,3-4,8-9H2/t14-,15+;14-,15-;;;;/m10..../s1. The summed E-state index contributed by atoms with van der Waals surface area (Å²) in [6, 6.07) is 45.4. The first-order chi connectivity index (χ1) is 62.1. The lowest BCUT2D eigenvalue weighted by Crippen LogP contribution is -2.54. The van der Waals surface area contributed by atoms with Gasteiger partial charge in [0, 0.05) is 102 Å². The third-order valence-corrected chi connectivity index (χ3v) is 39.1. The number of thiophene rings is 5. The van der Waals surface area contributed by atoms with E-state index in [0.717, 1.165) is 212 Å². The second-order valence-electron chi connectivity index (χ2n) is 33.5. The van der Waals surface area contributed by atoms with Gasteiger partial charge in [-0.1, -0.05) is 98.1 Å². The van der Waals surface area contributed by atoms with Crippen molar-refractivity contribution in [1.29, 1.82) is 0 Å². The molecule has 0 amide bonds. The SMILES string of the molecule is Cc1ccc(S(=O)(=O)N[C@@H]2CCCC[C@@H]2N2CCCCC2)s1.Cc1ccc(S(=O)(=O)N[C@H]2CCCC[C@@H]2N2CCCCC2)s1.O=S(=O)(Nc1cc(Cl)ccc1N1CCCCC1)c1ccc(Cl)s1.O=S(=O)(Nc1ccccc1N1CCCC1)c1ccsc1.O=S(=O)(Nc1ccccc1N1CCCCC1)c1ccco1.O=S(=O)(Nc1ccccc1N1CCCCC1)c1ccsc1.